The van der Waals surface area contributed by atoms with Crippen LogP contribution in [-0.4, -0.2) is 31.0 Å². The van der Waals surface area contributed by atoms with E-state index >= 15 is 0 Å². The molecular formula is C9H16ClNO2. The van der Waals surface area contributed by atoms with Gasteiger partial charge in [-0.05, 0) is 13.8 Å². The summed E-state index contributed by atoms with van der Waals surface area (Å²) < 4.78 is 4.81. The maximum atomic E-state index is 11.1. The molecule has 0 spiro atoms. The lowest BCUT2D eigenvalue weighted by Gasteiger charge is -2.10. The summed E-state index contributed by atoms with van der Waals surface area (Å²) in [6.45, 7) is 4.61. The van der Waals surface area contributed by atoms with Gasteiger partial charge in [-0.2, -0.15) is 0 Å². The predicted octanol–water partition coefficient (Wildman–Crippen LogP) is 1.32. The van der Waals surface area contributed by atoms with Gasteiger partial charge < -0.3 is 10.1 Å². The first kappa shape index (κ1) is 12.5. The van der Waals surface area contributed by atoms with E-state index < -0.39 is 0 Å². The fourth-order valence-electron chi connectivity index (χ4n) is 0.742. The fourth-order valence-corrected chi connectivity index (χ4v) is 0.868. The number of ether oxygens (including phenoxy) is 1. The van der Waals surface area contributed by atoms with Crippen LogP contribution in [0.4, 0.5) is 0 Å². The molecule has 0 aliphatic heterocycles. The Labute approximate surface area is 84.1 Å². The molecule has 1 unspecified atom stereocenters. The molecule has 0 saturated carbocycles. The zero-order valence-electron chi connectivity index (χ0n) is 8.05. The first-order valence-corrected chi connectivity index (χ1v) is 4.86. The van der Waals surface area contributed by atoms with Gasteiger partial charge in [-0.15, -0.1) is 11.6 Å². The molecule has 1 atom stereocenters. The van der Waals surface area contributed by atoms with E-state index in [0.29, 0.717) is 19.0 Å². The smallest absolute Gasteiger partial charge is 0.322 e. The highest BCUT2D eigenvalue weighted by atomic mass is 35.5. The monoisotopic (exact) mass is 205 g/mol. The van der Waals surface area contributed by atoms with Gasteiger partial charge in [0.05, 0.1) is 6.61 Å². The summed E-state index contributed by atoms with van der Waals surface area (Å²) in [6.07, 6.45) is 3.70. The van der Waals surface area contributed by atoms with Crippen molar-refractivity contribution in [3.05, 3.63) is 12.2 Å². The summed E-state index contributed by atoms with van der Waals surface area (Å²) in [7, 11) is 0. The zero-order valence-corrected chi connectivity index (χ0v) is 8.80. The molecule has 3 nitrogen and oxygen atoms in total. The molecule has 0 rings (SSSR count). The van der Waals surface area contributed by atoms with Gasteiger partial charge in [0.15, 0.2) is 0 Å². The number of hydrogen-bond donors (Lipinski definition) is 1. The average Bonchev–Trinajstić information content (AvgIpc) is 2.12. The highest BCUT2D eigenvalue weighted by Crippen LogP contribution is 1.87. The number of halogens is 1. The quantitative estimate of drug-likeness (QED) is 0.404. The first-order valence-electron chi connectivity index (χ1n) is 4.33. The Bertz CT molecular complexity index is 171. The molecule has 0 aliphatic rings. The third-order valence-electron chi connectivity index (χ3n) is 1.44. The van der Waals surface area contributed by atoms with Crippen molar-refractivity contribution in [1.29, 1.82) is 0 Å². The molecular weight excluding hydrogens is 190 g/mol. The summed E-state index contributed by atoms with van der Waals surface area (Å²) in [4.78, 5) is 11.1. The second-order valence-electron chi connectivity index (χ2n) is 2.51. The van der Waals surface area contributed by atoms with E-state index in [1.54, 1.807) is 13.8 Å². The molecule has 1 N–H and O–H groups in total. The third-order valence-corrected chi connectivity index (χ3v) is 1.62. The summed E-state index contributed by atoms with van der Waals surface area (Å²) in [6, 6.07) is -0.264. The minimum absolute atomic E-state index is 0.221. The van der Waals surface area contributed by atoms with E-state index in [2.05, 4.69) is 5.32 Å². The predicted molar refractivity (Wildman–Crippen MR) is 54.0 cm³/mol. The number of rotatable bonds is 6. The number of nitrogens with one attached hydrogen (secondary N) is 1. The van der Waals surface area contributed by atoms with Gasteiger partial charge in [-0.25, -0.2) is 0 Å². The highest BCUT2D eigenvalue weighted by molar-refractivity contribution is 6.18. The van der Waals surface area contributed by atoms with Crippen LogP contribution in [0.3, 0.4) is 0 Å². The standard InChI is InChI=1S/C9H16ClNO2/c1-3-13-9(12)8(2)11-7-5-4-6-10/h4-5,8,11H,3,6-7H2,1-2H3/b5-4+. The van der Waals surface area contributed by atoms with Crippen molar-refractivity contribution in [2.24, 2.45) is 0 Å². The Kier molecular flexibility index (Phi) is 7.74. The Morgan fingerprint density at radius 2 is 2.31 bits per heavy atom. The SMILES string of the molecule is CCOC(=O)C(C)NC/C=C/CCl. The lowest BCUT2D eigenvalue weighted by molar-refractivity contribution is -0.145. The molecule has 0 fully saturated rings. The van der Waals surface area contributed by atoms with Gasteiger partial charge in [-0.1, -0.05) is 12.2 Å². The van der Waals surface area contributed by atoms with Crippen LogP contribution >= 0.6 is 11.6 Å². The lowest BCUT2D eigenvalue weighted by Crippen LogP contribution is -2.35. The van der Waals surface area contributed by atoms with Crippen LogP contribution < -0.4 is 5.32 Å². The maximum Gasteiger partial charge on any atom is 0.322 e. The number of alkyl halides is 1. The average molecular weight is 206 g/mol. The normalized spacial score (nSPS) is 13.2. The van der Waals surface area contributed by atoms with Crippen LogP contribution in [0.5, 0.6) is 0 Å². The van der Waals surface area contributed by atoms with Crippen LogP contribution in [-0.2, 0) is 9.53 Å². The van der Waals surface area contributed by atoms with Crippen LogP contribution in [0.2, 0.25) is 0 Å². The van der Waals surface area contributed by atoms with E-state index in [1.165, 1.54) is 0 Å². The Balaban J connectivity index is 3.55. The van der Waals surface area contributed by atoms with E-state index in [-0.39, 0.29) is 12.0 Å². The minimum Gasteiger partial charge on any atom is -0.465 e. The summed E-state index contributed by atoms with van der Waals surface area (Å²) in [5.41, 5.74) is 0. The number of carbonyl (C=O) groups is 1. The van der Waals surface area contributed by atoms with E-state index in [0.717, 1.165) is 0 Å². The van der Waals surface area contributed by atoms with E-state index in [4.69, 9.17) is 16.3 Å². The molecule has 4 heteroatoms. The fraction of sp³-hybridized carbons (Fsp3) is 0.667. The Hall–Kier alpha value is -0.540. The van der Waals surface area contributed by atoms with Gasteiger partial charge in [0, 0.05) is 12.4 Å². The van der Waals surface area contributed by atoms with Crippen molar-refractivity contribution in [2.75, 3.05) is 19.0 Å². The summed E-state index contributed by atoms with van der Waals surface area (Å²) >= 11 is 5.42. The summed E-state index contributed by atoms with van der Waals surface area (Å²) in [5, 5.41) is 2.98. The van der Waals surface area contributed by atoms with Crippen molar-refractivity contribution in [1.82, 2.24) is 5.32 Å². The van der Waals surface area contributed by atoms with E-state index in [9.17, 15) is 4.79 Å². The molecule has 0 radical (unpaired) electrons. The number of hydrogen-bond acceptors (Lipinski definition) is 3. The van der Waals surface area contributed by atoms with Crippen LogP contribution in [0.15, 0.2) is 12.2 Å². The van der Waals surface area contributed by atoms with Gasteiger partial charge in [0.2, 0.25) is 0 Å². The molecule has 0 aliphatic carbocycles. The molecule has 76 valence electrons. The van der Waals surface area contributed by atoms with E-state index in [1.807, 2.05) is 12.2 Å². The van der Waals surface area contributed by atoms with Crippen LogP contribution in [0.1, 0.15) is 13.8 Å². The zero-order chi connectivity index (χ0) is 10.1. The van der Waals surface area contributed by atoms with Gasteiger partial charge in [0.25, 0.3) is 0 Å². The van der Waals surface area contributed by atoms with Gasteiger partial charge in [0.1, 0.15) is 6.04 Å². The first-order chi connectivity index (χ1) is 6.22. The van der Waals surface area contributed by atoms with Crippen LogP contribution in [0.25, 0.3) is 0 Å². The third kappa shape index (κ3) is 6.61. The molecule has 0 aromatic heterocycles. The largest absolute Gasteiger partial charge is 0.465 e. The van der Waals surface area contributed by atoms with Crippen molar-refractivity contribution in [3.8, 4) is 0 Å². The lowest BCUT2D eigenvalue weighted by atomic mass is 10.3. The van der Waals surface area contributed by atoms with Crippen molar-refractivity contribution in [2.45, 2.75) is 19.9 Å². The number of esters is 1. The minimum atomic E-state index is -0.264. The second kappa shape index (κ2) is 8.08. The molecule has 0 bridgehead atoms. The Morgan fingerprint density at radius 1 is 1.62 bits per heavy atom. The Morgan fingerprint density at radius 3 is 2.85 bits per heavy atom. The molecule has 0 heterocycles. The molecule has 0 aromatic rings. The maximum absolute atomic E-state index is 11.1. The number of carbonyl (C=O) groups excluding carboxylic acids is 1. The molecule has 0 aromatic carbocycles. The second-order valence-corrected chi connectivity index (χ2v) is 2.82. The molecule has 13 heavy (non-hydrogen) atoms. The van der Waals surface area contributed by atoms with Crippen molar-refractivity contribution < 1.29 is 9.53 Å². The van der Waals surface area contributed by atoms with Crippen molar-refractivity contribution >= 4 is 17.6 Å². The van der Waals surface area contributed by atoms with Crippen molar-refractivity contribution in [3.63, 3.8) is 0 Å². The highest BCUT2D eigenvalue weighted by Gasteiger charge is 2.10. The topological polar surface area (TPSA) is 38.3 Å². The molecule has 0 saturated heterocycles. The van der Waals surface area contributed by atoms with Gasteiger partial charge in [-0.3, -0.25) is 4.79 Å². The number of allylic oxidation sites excluding steroid dienone is 1. The van der Waals surface area contributed by atoms with Gasteiger partial charge >= 0.3 is 5.97 Å². The summed E-state index contributed by atoms with van der Waals surface area (Å²) in [5.74, 6) is 0.275. The molecule has 0 amide bonds. The van der Waals surface area contributed by atoms with Crippen LogP contribution in [0, 0.1) is 0 Å².